The van der Waals surface area contributed by atoms with Gasteiger partial charge >= 0.3 is 0 Å². The van der Waals surface area contributed by atoms with Crippen LogP contribution in [0.4, 0.5) is 35.1 Å². The van der Waals surface area contributed by atoms with Crippen LogP contribution in [-0.2, 0) is 0 Å². The lowest BCUT2D eigenvalue weighted by atomic mass is 9.78. The van der Waals surface area contributed by atoms with Gasteiger partial charge in [-0.15, -0.1) is 0 Å². The van der Waals surface area contributed by atoms with Crippen molar-refractivity contribution in [2.45, 2.75) is 31.6 Å². The van der Waals surface area contributed by atoms with Crippen molar-refractivity contribution in [3.05, 3.63) is 88.5 Å². The van der Waals surface area contributed by atoms with E-state index in [9.17, 15) is 35.1 Å². The molecule has 0 heterocycles. The van der Waals surface area contributed by atoms with Crippen LogP contribution in [0.25, 0.3) is 11.1 Å². The lowest BCUT2D eigenvalue weighted by Gasteiger charge is -2.29. The molecular formula is C25H18F8O. The summed E-state index contributed by atoms with van der Waals surface area (Å²) in [6.45, 7) is -0.00442. The molecule has 1 nitrogen and oxygen atoms in total. The van der Waals surface area contributed by atoms with Crippen LogP contribution in [0.15, 0.2) is 36.4 Å². The van der Waals surface area contributed by atoms with Crippen molar-refractivity contribution >= 4 is 0 Å². The molecule has 180 valence electrons. The summed E-state index contributed by atoms with van der Waals surface area (Å²) in [5, 5.41) is 0. The van der Waals surface area contributed by atoms with Gasteiger partial charge in [0.1, 0.15) is 17.5 Å². The van der Waals surface area contributed by atoms with E-state index >= 15 is 0 Å². The molecule has 0 N–H and O–H groups in total. The topological polar surface area (TPSA) is 9.23 Å². The van der Waals surface area contributed by atoms with Gasteiger partial charge < -0.3 is 4.74 Å². The summed E-state index contributed by atoms with van der Waals surface area (Å²) in [5.41, 5.74) is -0.761. The highest BCUT2D eigenvalue weighted by Crippen LogP contribution is 2.39. The zero-order valence-corrected chi connectivity index (χ0v) is 17.6. The highest BCUT2D eigenvalue weighted by Gasteiger charge is 2.26. The summed E-state index contributed by atoms with van der Waals surface area (Å²) < 4.78 is 115. The third kappa shape index (κ3) is 4.88. The minimum atomic E-state index is -1.73. The Hall–Kier alpha value is -3.10. The molecule has 1 aliphatic carbocycles. The van der Waals surface area contributed by atoms with Crippen LogP contribution >= 0.6 is 0 Å². The van der Waals surface area contributed by atoms with Crippen molar-refractivity contribution < 1.29 is 39.9 Å². The zero-order chi connectivity index (χ0) is 24.6. The van der Waals surface area contributed by atoms with Crippen LogP contribution < -0.4 is 4.74 Å². The summed E-state index contributed by atoms with van der Waals surface area (Å²) in [5.74, 6) is -11.2. The molecule has 1 aliphatic rings. The molecule has 3 aromatic carbocycles. The van der Waals surface area contributed by atoms with E-state index in [-0.39, 0.29) is 18.4 Å². The van der Waals surface area contributed by atoms with Crippen LogP contribution in [-0.4, -0.2) is 6.61 Å². The second-order valence-electron chi connectivity index (χ2n) is 8.34. The first-order valence-corrected chi connectivity index (χ1v) is 10.5. The molecule has 0 unspecified atom stereocenters. The molecule has 3 aromatic rings. The van der Waals surface area contributed by atoms with Gasteiger partial charge in [-0.05, 0) is 72.9 Å². The van der Waals surface area contributed by atoms with Gasteiger partial charge in [0.25, 0.3) is 0 Å². The first-order valence-electron chi connectivity index (χ1n) is 10.5. The van der Waals surface area contributed by atoms with E-state index in [2.05, 4.69) is 0 Å². The Bertz CT molecular complexity index is 1150. The Labute approximate surface area is 190 Å². The fourth-order valence-corrected chi connectivity index (χ4v) is 4.33. The second-order valence-corrected chi connectivity index (χ2v) is 8.34. The SMILES string of the molecule is Fc1cc(F)c(OCC2CCC(c3cc(F)c(-c4cc(F)c(F)c(F)c4)c(F)c3)CC2)c(F)c1. The molecule has 0 aromatic heterocycles. The van der Waals surface area contributed by atoms with E-state index in [0.717, 1.165) is 12.1 Å². The molecule has 1 saturated carbocycles. The normalized spacial score (nSPS) is 18.2. The fourth-order valence-electron chi connectivity index (χ4n) is 4.33. The van der Waals surface area contributed by atoms with Gasteiger partial charge in [-0.3, -0.25) is 0 Å². The Balaban J connectivity index is 1.43. The molecule has 0 saturated heterocycles. The van der Waals surface area contributed by atoms with Gasteiger partial charge in [-0.25, -0.2) is 35.1 Å². The van der Waals surface area contributed by atoms with Crippen molar-refractivity contribution in [3.8, 4) is 16.9 Å². The summed E-state index contributed by atoms with van der Waals surface area (Å²) in [6, 6.07) is 4.27. The lowest BCUT2D eigenvalue weighted by molar-refractivity contribution is 0.187. The van der Waals surface area contributed by atoms with Crippen molar-refractivity contribution in [2.24, 2.45) is 5.92 Å². The molecule has 4 rings (SSSR count). The maximum absolute atomic E-state index is 14.7. The molecule has 0 amide bonds. The number of rotatable bonds is 5. The molecule has 0 spiro atoms. The Morgan fingerprint density at radius 3 is 1.68 bits per heavy atom. The quantitative estimate of drug-likeness (QED) is 0.264. The molecule has 0 aliphatic heterocycles. The first kappa shape index (κ1) is 24.0. The van der Waals surface area contributed by atoms with Gasteiger partial charge in [0, 0.05) is 12.1 Å². The Morgan fingerprint density at radius 2 is 1.15 bits per heavy atom. The van der Waals surface area contributed by atoms with E-state index in [1.165, 1.54) is 0 Å². The zero-order valence-electron chi connectivity index (χ0n) is 17.6. The van der Waals surface area contributed by atoms with Crippen molar-refractivity contribution in [1.29, 1.82) is 0 Å². The van der Waals surface area contributed by atoms with E-state index < -0.39 is 63.4 Å². The monoisotopic (exact) mass is 486 g/mol. The first-order chi connectivity index (χ1) is 16.1. The highest BCUT2D eigenvalue weighted by molar-refractivity contribution is 5.65. The van der Waals surface area contributed by atoms with E-state index in [1.807, 2.05) is 0 Å². The van der Waals surface area contributed by atoms with Crippen molar-refractivity contribution in [1.82, 2.24) is 0 Å². The van der Waals surface area contributed by atoms with Gasteiger partial charge in [-0.2, -0.15) is 0 Å². The number of hydrogen-bond donors (Lipinski definition) is 0. The predicted octanol–water partition coefficient (Wildman–Crippen LogP) is 7.82. The summed E-state index contributed by atoms with van der Waals surface area (Å²) in [7, 11) is 0. The molecule has 0 atom stereocenters. The van der Waals surface area contributed by atoms with Gasteiger partial charge in [0.05, 0.1) is 12.2 Å². The van der Waals surface area contributed by atoms with Crippen molar-refractivity contribution in [2.75, 3.05) is 6.61 Å². The fraction of sp³-hybridized carbons (Fsp3) is 0.280. The number of halogens is 8. The van der Waals surface area contributed by atoms with Crippen LogP contribution in [0.1, 0.15) is 37.2 Å². The summed E-state index contributed by atoms with van der Waals surface area (Å²) >= 11 is 0. The van der Waals surface area contributed by atoms with E-state index in [0.29, 0.717) is 55.5 Å². The third-order valence-corrected chi connectivity index (χ3v) is 6.08. The Kier molecular flexibility index (Phi) is 6.81. The average molecular weight is 486 g/mol. The minimum absolute atomic E-state index is 0.00442. The number of ether oxygens (including phenoxy) is 1. The average Bonchev–Trinajstić information content (AvgIpc) is 2.76. The molecule has 9 heteroatoms. The van der Waals surface area contributed by atoms with Crippen LogP contribution in [0.3, 0.4) is 0 Å². The van der Waals surface area contributed by atoms with Crippen LogP contribution in [0.5, 0.6) is 5.75 Å². The Morgan fingerprint density at radius 1 is 0.618 bits per heavy atom. The second kappa shape index (κ2) is 9.64. The minimum Gasteiger partial charge on any atom is -0.487 e. The third-order valence-electron chi connectivity index (χ3n) is 6.08. The lowest BCUT2D eigenvalue weighted by Crippen LogP contribution is -2.20. The van der Waals surface area contributed by atoms with E-state index in [1.54, 1.807) is 0 Å². The molecule has 1 fully saturated rings. The predicted molar refractivity (Wildman–Crippen MR) is 108 cm³/mol. The van der Waals surface area contributed by atoms with Crippen LogP contribution in [0, 0.1) is 52.5 Å². The summed E-state index contributed by atoms with van der Waals surface area (Å²) in [6.07, 6.45) is 2.13. The van der Waals surface area contributed by atoms with E-state index in [4.69, 9.17) is 4.74 Å². The standard InChI is InChI=1S/C25H18F8O/c26-16-9-21(31)25(22(32)10-16)34-11-12-1-3-13(4-2-12)14-5-17(27)23(18(28)6-14)15-7-19(29)24(33)20(30)8-15/h5-10,12-13H,1-4,11H2. The van der Waals surface area contributed by atoms with Gasteiger partial charge in [-0.1, -0.05) is 0 Å². The maximum Gasteiger partial charge on any atom is 0.194 e. The number of benzene rings is 3. The molecule has 34 heavy (non-hydrogen) atoms. The van der Waals surface area contributed by atoms with Gasteiger partial charge in [0.2, 0.25) is 0 Å². The van der Waals surface area contributed by atoms with Crippen molar-refractivity contribution in [3.63, 3.8) is 0 Å². The maximum atomic E-state index is 14.7. The van der Waals surface area contributed by atoms with Gasteiger partial charge in [0.15, 0.2) is 34.8 Å². The smallest absolute Gasteiger partial charge is 0.194 e. The molecular weight excluding hydrogens is 468 g/mol. The molecule has 0 radical (unpaired) electrons. The number of hydrogen-bond acceptors (Lipinski definition) is 1. The summed E-state index contributed by atoms with van der Waals surface area (Å²) in [4.78, 5) is 0. The largest absolute Gasteiger partial charge is 0.487 e. The highest BCUT2D eigenvalue weighted by atomic mass is 19.2. The molecule has 0 bridgehead atoms. The van der Waals surface area contributed by atoms with Crippen LogP contribution in [0.2, 0.25) is 0 Å².